The molecule has 0 aromatic carbocycles. The number of nitrogens with zero attached hydrogens (tertiary/aromatic N) is 2. The average molecular weight is 246 g/mol. The van der Waals surface area contributed by atoms with E-state index in [1.165, 1.54) is 19.0 Å². The molecule has 0 aromatic rings. The first-order valence-electron chi connectivity index (χ1n) is 8.61. The molecule has 0 N–H and O–H groups in total. The van der Waals surface area contributed by atoms with Crippen LogP contribution < -0.4 is 0 Å². The third-order valence-electron chi connectivity index (χ3n) is 2.23. The summed E-state index contributed by atoms with van der Waals surface area (Å²) in [6.45, 7) is -0.701. The molecule has 2 amide bonds. The first-order valence-corrected chi connectivity index (χ1v) is 5.54. The molecule has 0 spiro atoms. The van der Waals surface area contributed by atoms with E-state index < -0.39 is 43.3 Å². The zero-order chi connectivity index (χ0) is 18.5. The minimum atomic E-state index is -2.89. The number of rotatable bonds is 6. The first-order chi connectivity index (χ1) is 10.4. The lowest BCUT2D eigenvalue weighted by Crippen LogP contribution is -2.48. The van der Waals surface area contributed by atoms with Gasteiger partial charge in [-0.1, -0.05) is 19.9 Å². The molecule has 0 aromatic heterocycles. The molecule has 0 radical (unpaired) electrons. The Balaban J connectivity index is 5.92. The predicted octanol–water partition coefficient (Wildman–Crippen LogP) is 1.67. The molecule has 0 saturated carbocycles. The Morgan fingerprint density at radius 2 is 2.12 bits per heavy atom. The summed E-state index contributed by atoms with van der Waals surface area (Å²) >= 11 is 0. The lowest BCUT2D eigenvalue weighted by molar-refractivity contribution is -0.142. The molecule has 2 atom stereocenters. The molecule has 4 heteroatoms. The zero-order valence-corrected chi connectivity index (χ0v) is 10.8. The summed E-state index contributed by atoms with van der Waals surface area (Å²) in [5.74, 6) is -1.50. The van der Waals surface area contributed by atoms with Crippen molar-refractivity contribution in [3.05, 3.63) is 12.1 Å². The Hall–Kier alpha value is -1.32. The molecular formula is C13H24N2O2. The normalized spacial score (nSPS) is 21.4. The van der Waals surface area contributed by atoms with Crippen molar-refractivity contribution in [2.45, 2.75) is 39.6 Å². The molecule has 0 rings (SSSR count). The van der Waals surface area contributed by atoms with Crippen LogP contribution in [0.2, 0.25) is 0 Å². The van der Waals surface area contributed by atoms with Crippen molar-refractivity contribution in [1.29, 1.82) is 0 Å². The lowest BCUT2D eigenvalue weighted by Gasteiger charge is -2.31. The zero-order valence-electron chi connectivity index (χ0n) is 16.8. The topological polar surface area (TPSA) is 40.6 Å². The summed E-state index contributed by atoms with van der Waals surface area (Å²) in [5.41, 5.74) is 0. The van der Waals surface area contributed by atoms with Crippen LogP contribution >= 0.6 is 0 Å². The van der Waals surface area contributed by atoms with E-state index in [1.54, 1.807) is 13.8 Å². The minimum absolute atomic E-state index is 0.206. The summed E-state index contributed by atoms with van der Waals surface area (Å²) in [7, 11) is 3.02. The van der Waals surface area contributed by atoms with E-state index in [0.29, 0.717) is 0 Å². The van der Waals surface area contributed by atoms with Crippen LogP contribution in [0, 0.1) is 0 Å². The van der Waals surface area contributed by atoms with Crippen LogP contribution in [-0.2, 0) is 9.59 Å². The van der Waals surface area contributed by atoms with Gasteiger partial charge in [-0.25, -0.2) is 0 Å². The van der Waals surface area contributed by atoms with Gasteiger partial charge in [0.05, 0.1) is 2.74 Å². The number of hydrogen-bond acceptors (Lipinski definition) is 2. The summed E-state index contributed by atoms with van der Waals surface area (Å²) in [5, 5.41) is 0. The van der Waals surface area contributed by atoms with Gasteiger partial charge in [-0.05, 0) is 25.7 Å². The molecule has 0 aliphatic carbocycles. The molecule has 0 aliphatic heterocycles. The van der Waals surface area contributed by atoms with Crippen molar-refractivity contribution in [2.24, 2.45) is 0 Å². The van der Waals surface area contributed by atoms with Crippen molar-refractivity contribution < 1.29 is 17.8 Å². The third kappa shape index (κ3) is 4.59. The fourth-order valence-corrected chi connectivity index (χ4v) is 1.45. The highest BCUT2D eigenvalue weighted by molar-refractivity contribution is 5.92. The maximum absolute atomic E-state index is 12.5. The first kappa shape index (κ1) is 7.90. The number of hydrogen-bond donors (Lipinski definition) is 0. The molecule has 98 valence electrons. The molecular weight excluding hydrogens is 216 g/mol. The second kappa shape index (κ2) is 7.87. The van der Waals surface area contributed by atoms with E-state index in [9.17, 15) is 9.59 Å². The van der Waals surface area contributed by atoms with Gasteiger partial charge in [0.25, 0.3) is 0 Å². The van der Waals surface area contributed by atoms with Gasteiger partial charge in [-0.3, -0.25) is 9.59 Å². The van der Waals surface area contributed by atoms with Crippen molar-refractivity contribution in [3.8, 4) is 0 Å². The quantitative estimate of drug-likeness (QED) is 0.669. The maximum atomic E-state index is 12.5. The Morgan fingerprint density at radius 3 is 2.53 bits per heavy atom. The Morgan fingerprint density at radius 1 is 1.47 bits per heavy atom. The monoisotopic (exact) mass is 246 g/mol. The molecule has 0 saturated heterocycles. The number of likely N-dealkylation sites (N-methyl/N-ethyl adjacent to an activating group) is 1. The summed E-state index contributed by atoms with van der Waals surface area (Å²) in [6, 6.07) is -3.09. The second-order valence-corrected chi connectivity index (χ2v) is 3.71. The molecule has 0 heterocycles. The van der Waals surface area contributed by atoms with Gasteiger partial charge >= 0.3 is 0 Å². The van der Waals surface area contributed by atoms with Crippen molar-refractivity contribution >= 4 is 11.8 Å². The van der Waals surface area contributed by atoms with Gasteiger partial charge < -0.3 is 9.80 Å². The highest BCUT2D eigenvalue weighted by atomic mass is 16.2. The number of carbonyl (C=O) groups is 2. The molecule has 4 nitrogen and oxygen atoms in total. The van der Waals surface area contributed by atoms with Crippen LogP contribution in [0.1, 0.15) is 41.8 Å². The Bertz CT molecular complexity index is 476. The lowest BCUT2D eigenvalue weighted by atomic mass is 10.1. The fraction of sp³-hybridized carbons (Fsp3) is 0.692. The van der Waals surface area contributed by atoms with Crippen molar-refractivity contribution in [2.75, 3.05) is 20.6 Å². The van der Waals surface area contributed by atoms with Crippen molar-refractivity contribution in [3.63, 3.8) is 0 Å². The van der Waals surface area contributed by atoms with E-state index in [4.69, 9.17) is 8.22 Å². The van der Waals surface area contributed by atoms with Gasteiger partial charge in [-0.15, -0.1) is 0 Å². The Kier molecular flexibility index (Phi) is 3.66. The Labute approximate surface area is 113 Å². The van der Waals surface area contributed by atoms with Crippen LogP contribution in [-0.4, -0.2) is 48.3 Å². The summed E-state index contributed by atoms with van der Waals surface area (Å²) in [4.78, 5) is 26.9. The standard InChI is InChI=1S/C13H24N2O2/c1-6-9-12(16)15(10-7-2)11(8-3)13(17)14(4)5/h6,9,11H,7-8,10H2,1-5H3/b9-6+/i1D3,6D,9D,10D. The van der Waals surface area contributed by atoms with Crippen molar-refractivity contribution in [1.82, 2.24) is 9.80 Å². The average Bonchev–Trinajstić information content (AvgIpc) is 2.47. The van der Waals surface area contributed by atoms with Crippen LogP contribution in [0.3, 0.4) is 0 Å². The summed E-state index contributed by atoms with van der Waals surface area (Å²) < 4.78 is 44.6. The number of amides is 2. The fourth-order valence-electron chi connectivity index (χ4n) is 1.45. The maximum Gasteiger partial charge on any atom is 0.246 e. The van der Waals surface area contributed by atoms with Crippen LogP contribution in [0.5, 0.6) is 0 Å². The highest BCUT2D eigenvalue weighted by Crippen LogP contribution is 2.09. The smallest absolute Gasteiger partial charge is 0.246 e. The van der Waals surface area contributed by atoms with E-state index in [0.717, 1.165) is 4.90 Å². The molecule has 0 fully saturated rings. The number of allylic oxidation sites excluding steroid dienone is 1. The third-order valence-corrected chi connectivity index (χ3v) is 2.23. The van der Waals surface area contributed by atoms with Gasteiger partial charge in [0.2, 0.25) is 11.8 Å². The number of carbonyl (C=O) groups excluding carboxylic acids is 2. The van der Waals surface area contributed by atoms with E-state index in [1.807, 2.05) is 0 Å². The van der Waals surface area contributed by atoms with E-state index in [-0.39, 0.29) is 12.8 Å². The molecule has 0 bridgehead atoms. The van der Waals surface area contributed by atoms with Crippen LogP contribution in [0.4, 0.5) is 0 Å². The SMILES string of the molecule is [2H]/C(C(=O)N(C([2H])CC)C(CC)C(=O)N(C)C)=C(/[2H])C([2H])([2H])[2H]. The molecule has 2 unspecified atom stereocenters. The summed E-state index contributed by atoms with van der Waals surface area (Å²) in [6.07, 6.45) is 0.420. The molecule has 17 heavy (non-hydrogen) atoms. The minimum Gasteiger partial charge on any atom is -0.347 e. The highest BCUT2D eigenvalue weighted by Gasteiger charge is 2.27. The van der Waals surface area contributed by atoms with Crippen LogP contribution in [0.25, 0.3) is 0 Å². The van der Waals surface area contributed by atoms with Gasteiger partial charge in [0.1, 0.15) is 6.04 Å². The van der Waals surface area contributed by atoms with E-state index >= 15 is 0 Å². The van der Waals surface area contributed by atoms with E-state index in [2.05, 4.69) is 0 Å². The van der Waals surface area contributed by atoms with Gasteiger partial charge in [0.15, 0.2) is 0 Å². The molecule has 0 aliphatic rings. The largest absolute Gasteiger partial charge is 0.347 e. The van der Waals surface area contributed by atoms with Crippen LogP contribution in [0.15, 0.2) is 12.1 Å². The van der Waals surface area contributed by atoms with Gasteiger partial charge in [-0.2, -0.15) is 0 Å². The predicted molar refractivity (Wildman–Crippen MR) is 69.6 cm³/mol. The van der Waals surface area contributed by atoms with Gasteiger partial charge in [0, 0.05) is 26.1 Å². The second-order valence-electron chi connectivity index (χ2n) is 3.71.